The van der Waals surface area contributed by atoms with Gasteiger partial charge in [-0.1, -0.05) is 60.6 Å². The SMILES string of the molecule is CCC(CNC(=O)c1cc(NC(=O)OCC2c3ccccc3-c3ccccc32)on1)C(=O)O. The van der Waals surface area contributed by atoms with Crippen molar-refractivity contribution in [2.45, 2.75) is 19.3 Å². The number of anilines is 1. The molecule has 1 aromatic heterocycles. The number of rotatable bonds is 8. The van der Waals surface area contributed by atoms with Crippen LogP contribution in [0.1, 0.15) is 40.9 Å². The minimum Gasteiger partial charge on any atom is -0.481 e. The van der Waals surface area contributed by atoms with Gasteiger partial charge < -0.3 is 19.7 Å². The number of carbonyl (C=O) groups excluding carboxylic acids is 2. The Bertz CT molecular complexity index is 1140. The molecule has 3 N–H and O–H groups in total. The Hall–Kier alpha value is -4.14. The molecule has 2 amide bonds. The van der Waals surface area contributed by atoms with Crippen LogP contribution < -0.4 is 10.6 Å². The molecule has 0 spiro atoms. The number of carbonyl (C=O) groups is 3. The predicted molar refractivity (Wildman–Crippen MR) is 119 cm³/mol. The number of nitrogens with zero attached hydrogens (tertiary/aromatic N) is 1. The van der Waals surface area contributed by atoms with Gasteiger partial charge >= 0.3 is 12.1 Å². The van der Waals surface area contributed by atoms with Gasteiger partial charge in [-0.15, -0.1) is 0 Å². The third-order valence-electron chi connectivity index (χ3n) is 5.66. The molecule has 1 heterocycles. The predicted octanol–water partition coefficient (Wildman–Crippen LogP) is 3.88. The van der Waals surface area contributed by atoms with Crippen LogP contribution in [-0.2, 0) is 9.53 Å². The number of aliphatic carboxylic acids is 1. The molecule has 9 heteroatoms. The van der Waals surface area contributed by atoms with Gasteiger partial charge in [0.15, 0.2) is 5.69 Å². The number of amides is 2. The Balaban J connectivity index is 1.34. The monoisotopic (exact) mass is 449 g/mol. The van der Waals surface area contributed by atoms with Crippen LogP contribution in [0.4, 0.5) is 10.7 Å². The molecule has 1 aliphatic rings. The van der Waals surface area contributed by atoms with Gasteiger partial charge in [0, 0.05) is 18.5 Å². The lowest BCUT2D eigenvalue weighted by atomic mass is 9.98. The Kier molecular flexibility index (Phi) is 6.39. The van der Waals surface area contributed by atoms with E-state index in [-0.39, 0.29) is 30.6 Å². The summed E-state index contributed by atoms with van der Waals surface area (Å²) in [6.07, 6.45) is -0.361. The van der Waals surface area contributed by atoms with Gasteiger partial charge in [-0.05, 0) is 28.7 Å². The standard InChI is InChI=1S/C24H23N3O6/c1-2-14(23(29)30)12-25-22(28)20-11-21(33-27-20)26-24(31)32-13-19-17-9-5-3-7-15(17)16-8-4-6-10-18(16)19/h3-11,14,19H,2,12-13H2,1H3,(H,25,28)(H,26,31)(H,29,30). The molecule has 0 saturated carbocycles. The molecule has 4 rings (SSSR count). The molecule has 9 nitrogen and oxygen atoms in total. The molecule has 1 atom stereocenters. The summed E-state index contributed by atoms with van der Waals surface area (Å²) in [6.45, 7) is 1.82. The first-order valence-electron chi connectivity index (χ1n) is 10.6. The molecule has 0 fully saturated rings. The molecule has 170 valence electrons. The van der Waals surface area contributed by atoms with Crippen molar-refractivity contribution in [1.29, 1.82) is 0 Å². The lowest BCUT2D eigenvalue weighted by Crippen LogP contribution is -2.32. The maximum atomic E-state index is 12.3. The minimum atomic E-state index is -0.990. The second kappa shape index (κ2) is 9.56. The number of benzene rings is 2. The third-order valence-corrected chi connectivity index (χ3v) is 5.66. The van der Waals surface area contributed by atoms with Gasteiger partial charge in [0.05, 0.1) is 5.92 Å². The van der Waals surface area contributed by atoms with Crippen molar-refractivity contribution in [3.63, 3.8) is 0 Å². The highest BCUT2D eigenvalue weighted by molar-refractivity contribution is 5.94. The molecule has 33 heavy (non-hydrogen) atoms. The first-order chi connectivity index (χ1) is 16.0. The van der Waals surface area contributed by atoms with E-state index in [4.69, 9.17) is 14.4 Å². The number of hydrogen-bond acceptors (Lipinski definition) is 6. The molecular formula is C24H23N3O6. The van der Waals surface area contributed by atoms with Crippen molar-refractivity contribution in [2.24, 2.45) is 5.92 Å². The summed E-state index contributed by atoms with van der Waals surface area (Å²) in [7, 11) is 0. The average Bonchev–Trinajstić information content (AvgIpc) is 3.40. The molecule has 1 aliphatic carbocycles. The van der Waals surface area contributed by atoms with Crippen molar-refractivity contribution in [3.05, 3.63) is 71.4 Å². The first-order valence-corrected chi connectivity index (χ1v) is 10.6. The van der Waals surface area contributed by atoms with Gasteiger partial charge in [0.2, 0.25) is 5.88 Å². The zero-order chi connectivity index (χ0) is 23.4. The molecule has 0 aliphatic heterocycles. The highest BCUT2D eigenvalue weighted by Crippen LogP contribution is 2.44. The van der Waals surface area contributed by atoms with E-state index in [1.807, 2.05) is 36.4 Å². The summed E-state index contributed by atoms with van der Waals surface area (Å²) in [5.41, 5.74) is 4.36. The molecular weight excluding hydrogens is 426 g/mol. The summed E-state index contributed by atoms with van der Waals surface area (Å²) in [4.78, 5) is 35.5. The van der Waals surface area contributed by atoms with E-state index in [0.29, 0.717) is 6.42 Å². The van der Waals surface area contributed by atoms with Gasteiger partial charge in [-0.25, -0.2) is 4.79 Å². The van der Waals surface area contributed by atoms with E-state index in [1.165, 1.54) is 6.07 Å². The summed E-state index contributed by atoms with van der Waals surface area (Å²) in [5, 5.41) is 17.6. The fourth-order valence-corrected chi connectivity index (χ4v) is 3.89. The first kappa shape index (κ1) is 22.1. The number of nitrogens with one attached hydrogen (secondary N) is 2. The fraction of sp³-hybridized carbons (Fsp3) is 0.250. The quantitative estimate of drug-likeness (QED) is 0.476. The van der Waals surface area contributed by atoms with Gasteiger partial charge in [-0.3, -0.25) is 14.9 Å². The highest BCUT2D eigenvalue weighted by Gasteiger charge is 2.29. The summed E-state index contributed by atoms with van der Waals surface area (Å²) >= 11 is 0. The van der Waals surface area contributed by atoms with Crippen molar-refractivity contribution < 1.29 is 28.8 Å². The fourth-order valence-electron chi connectivity index (χ4n) is 3.89. The normalized spacial score (nSPS) is 13.0. The van der Waals surface area contributed by atoms with Crippen LogP contribution in [0.25, 0.3) is 11.1 Å². The number of ether oxygens (including phenoxy) is 1. The van der Waals surface area contributed by atoms with Crippen LogP contribution in [0, 0.1) is 5.92 Å². The maximum Gasteiger partial charge on any atom is 0.414 e. The van der Waals surface area contributed by atoms with Crippen LogP contribution in [-0.4, -0.2) is 41.4 Å². The Morgan fingerprint density at radius 1 is 1.09 bits per heavy atom. The van der Waals surface area contributed by atoms with Crippen molar-refractivity contribution in [1.82, 2.24) is 10.5 Å². The molecule has 0 bridgehead atoms. The molecule has 0 saturated heterocycles. The maximum absolute atomic E-state index is 12.3. The van der Waals surface area contributed by atoms with Crippen molar-refractivity contribution >= 4 is 23.9 Å². The van der Waals surface area contributed by atoms with E-state index >= 15 is 0 Å². The topological polar surface area (TPSA) is 131 Å². The highest BCUT2D eigenvalue weighted by atomic mass is 16.6. The molecule has 1 unspecified atom stereocenters. The number of aromatic nitrogens is 1. The van der Waals surface area contributed by atoms with E-state index in [1.54, 1.807) is 6.92 Å². The third kappa shape index (κ3) is 4.72. The van der Waals surface area contributed by atoms with E-state index < -0.39 is 23.9 Å². The van der Waals surface area contributed by atoms with Crippen LogP contribution in [0.5, 0.6) is 0 Å². The summed E-state index contributed by atoms with van der Waals surface area (Å²) < 4.78 is 10.4. The lowest BCUT2D eigenvalue weighted by Gasteiger charge is -2.13. The number of fused-ring (bicyclic) bond motifs is 3. The van der Waals surface area contributed by atoms with E-state index in [0.717, 1.165) is 22.3 Å². The van der Waals surface area contributed by atoms with Crippen molar-refractivity contribution in [3.8, 4) is 11.1 Å². The van der Waals surface area contributed by atoms with Crippen LogP contribution >= 0.6 is 0 Å². The second-order valence-corrected chi connectivity index (χ2v) is 7.68. The Morgan fingerprint density at radius 2 is 1.73 bits per heavy atom. The van der Waals surface area contributed by atoms with Crippen LogP contribution in [0.2, 0.25) is 0 Å². The second-order valence-electron chi connectivity index (χ2n) is 7.68. The van der Waals surface area contributed by atoms with Gasteiger partial charge in [-0.2, -0.15) is 0 Å². The van der Waals surface area contributed by atoms with E-state index in [2.05, 4.69) is 27.9 Å². The Morgan fingerprint density at radius 3 is 2.33 bits per heavy atom. The van der Waals surface area contributed by atoms with Crippen LogP contribution in [0.3, 0.4) is 0 Å². The molecule has 0 radical (unpaired) electrons. The van der Waals surface area contributed by atoms with Crippen molar-refractivity contribution in [2.75, 3.05) is 18.5 Å². The summed E-state index contributed by atoms with van der Waals surface area (Å²) in [6, 6.07) is 17.3. The average molecular weight is 449 g/mol. The smallest absolute Gasteiger partial charge is 0.414 e. The Labute approximate surface area is 189 Å². The number of carboxylic acids is 1. The van der Waals surface area contributed by atoms with Gasteiger partial charge in [0.25, 0.3) is 5.91 Å². The number of hydrogen-bond donors (Lipinski definition) is 3. The van der Waals surface area contributed by atoms with E-state index in [9.17, 15) is 14.4 Å². The largest absolute Gasteiger partial charge is 0.481 e. The molecule has 3 aromatic rings. The minimum absolute atomic E-state index is 0.0351. The zero-order valence-electron chi connectivity index (χ0n) is 17.9. The molecule has 2 aromatic carbocycles. The van der Waals surface area contributed by atoms with Gasteiger partial charge in [0.1, 0.15) is 6.61 Å². The lowest BCUT2D eigenvalue weighted by molar-refractivity contribution is -0.141. The number of carboxylic acid groups (broad SMARTS) is 1. The summed E-state index contributed by atoms with van der Waals surface area (Å²) in [5.74, 6) is -2.42. The van der Waals surface area contributed by atoms with Crippen LogP contribution in [0.15, 0.2) is 59.1 Å². The zero-order valence-corrected chi connectivity index (χ0v) is 17.9.